The summed E-state index contributed by atoms with van der Waals surface area (Å²) in [5.41, 5.74) is 1.39. The summed E-state index contributed by atoms with van der Waals surface area (Å²) in [7, 11) is 0. The van der Waals surface area contributed by atoms with E-state index in [0.717, 1.165) is 39.4 Å². The minimum absolute atomic E-state index is 0.898. The molecule has 1 heterocycles. The van der Waals surface area contributed by atoms with Crippen LogP contribution >= 0.6 is 22.6 Å². The standard InChI is InChI=1S/C14H21IN2O/c15-14-5-2-1-4-13(14)12-16-6-3-7-17-8-10-18-11-9-17/h1-2,4-5,16H,3,6-12H2. The lowest BCUT2D eigenvalue weighted by atomic mass is 10.2. The van der Waals surface area contributed by atoms with Crippen LogP contribution in [0.2, 0.25) is 0 Å². The fraction of sp³-hybridized carbons (Fsp3) is 0.571. The molecule has 0 atom stereocenters. The molecule has 0 radical (unpaired) electrons. The number of ether oxygens (including phenoxy) is 1. The first-order chi connectivity index (χ1) is 8.86. The van der Waals surface area contributed by atoms with Gasteiger partial charge in [0, 0.05) is 23.2 Å². The van der Waals surface area contributed by atoms with E-state index in [2.05, 4.69) is 57.1 Å². The van der Waals surface area contributed by atoms with Crippen molar-refractivity contribution < 1.29 is 4.74 Å². The van der Waals surface area contributed by atoms with Crippen molar-refractivity contribution >= 4 is 22.6 Å². The summed E-state index contributed by atoms with van der Waals surface area (Å²) in [6, 6.07) is 8.54. The molecule has 100 valence electrons. The molecule has 1 aromatic carbocycles. The summed E-state index contributed by atoms with van der Waals surface area (Å²) < 4.78 is 6.68. The van der Waals surface area contributed by atoms with Gasteiger partial charge in [-0.05, 0) is 53.7 Å². The quantitative estimate of drug-likeness (QED) is 0.621. The second-order valence-electron chi connectivity index (χ2n) is 4.58. The van der Waals surface area contributed by atoms with Crippen molar-refractivity contribution in [1.82, 2.24) is 10.2 Å². The highest BCUT2D eigenvalue weighted by Gasteiger charge is 2.08. The van der Waals surface area contributed by atoms with Gasteiger partial charge in [-0.25, -0.2) is 0 Å². The predicted octanol–water partition coefficient (Wildman–Crippen LogP) is 2.10. The molecule has 0 aliphatic carbocycles. The first-order valence-electron chi connectivity index (χ1n) is 6.60. The van der Waals surface area contributed by atoms with Crippen molar-refractivity contribution in [3.8, 4) is 0 Å². The molecule has 0 bridgehead atoms. The van der Waals surface area contributed by atoms with Gasteiger partial charge in [0.25, 0.3) is 0 Å². The molecule has 0 unspecified atom stereocenters. The Kier molecular flexibility index (Phi) is 6.40. The van der Waals surface area contributed by atoms with Crippen molar-refractivity contribution in [3.05, 3.63) is 33.4 Å². The van der Waals surface area contributed by atoms with E-state index in [1.807, 2.05) is 0 Å². The number of nitrogens with one attached hydrogen (secondary N) is 1. The van der Waals surface area contributed by atoms with E-state index >= 15 is 0 Å². The van der Waals surface area contributed by atoms with Crippen LogP contribution in [-0.2, 0) is 11.3 Å². The van der Waals surface area contributed by atoms with Crippen molar-refractivity contribution in [2.75, 3.05) is 39.4 Å². The Bertz CT molecular complexity index is 353. The van der Waals surface area contributed by atoms with Gasteiger partial charge < -0.3 is 10.1 Å². The van der Waals surface area contributed by atoms with Crippen molar-refractivity contribution in [2.24, 2.45) is 0 Å². The molecule has 1 fully saturated rings. The number of morpholine rings is 1. The Labute approximate surface area is 123 Å². The van der Waals surface area contributed by atoms with Crippen LogP contribution < -0.4 is 5.32 Å². The molecule has 0 amide bonds. The van der Waals surface area contributed by atoms with Gasteiger partial charge in [0.05, 0.1) is 13.2 Å². The van der Waals surface area contributed by atoms with Crippen LogP contribution in [0.5, 0.6) is 0 Å². The maximum Gasteiger partial charge on any atom is 0.0594 e. The molecule has 0 spiro atoms. The van der Waals surface area contributed by atoms with Crippen LogP contribution in [0, 0.1) is 3.57 Å². The molecule has 3 nitrogen and oxygen atoms in total. The van der Waals surface area contributed by atoms with Crippen LogP contribution in [0.25, 0.3) is 0 Å². The third-order valence-electron chi connectivity index (χ3n) is 3.20. The van der Waals surface area contributed by atoms with E-state index in [1.165, 1.54) is 22.1 Å². The number of rotatable bonds is 6. The average molecular weight is 360 g/mol. The molecule has 1 saturated heterocycles. The maximum atomic E-state index is 5.34. The lowest BCUT2D eigenvalue weighted by Gasteiger charge is -2.26. The molecule has 18 heavy (non-hydrogen) atoms. The molecular weight excluding hydrogens is 339 g/mol. The normalized spacial score (nSPS) is 16.9. The molecule has 1 aliphatic rings. The molecular formula is C14H21IN2O. The third-order valence-corrected chi connectivity index (χ3v) is 4.26. The second kappa shape index (κ2) is 8.09. The van der Waals surface area contributed by atoms with E-state index in [9.17, 15) is 0 Å². The summed E-state index contributed by atoms with van der Waals surface area (Å²) in [5.74, 6) is 0. The summed E-state index contributed by atoms with van der Waals surface area (Å²) in [4.78, 5) is 2.48. The first-order valence-corrected chi connectivity index (χ1v) is 7.68. The van der Waals surface area contributed by atoms with Gasteiger partial charge in [-0.3, -0.25) is 4.90 Å². The van der Waals surface area contributed by atoms with Gasteiger partial charge in [0.2, 0.25) is 0 Å². The Morgan fingerprint density at radius 2 is 2.00 bits per heavy atom. The topological polar surface area (TPSA) is 24.5 Å². The van der Waals surface area contributed by atoms with Gasteiger partial charge in [0.15, 0.2) is 0 Å². The zero-order chi connectivity index (χ0) is 12.6. The number of hydrogen-bond acceptors (Lipinski definition) is 3. The van der Waals surface area contributed by atoms with Gasteiger partial charge in [0.1, 0.15) is 0 Å². The highest BCUT2D eigenvalue weighted by atomic mass is 127. The minimum atomic E-state index is 0.898. The highest BCUT2D eigenvalue weighted by molar-refractivity contribution is 14.1. The van der Waals surface area contributed by atoms with Crippen LogP contribution in [-0.4, -0.2) is 44.3 Å². The lowest BCUT2D eigenvalue weighted by molar-refractivity contribution is 0.0374. The Morgan fingerprint density at radius 3 is 2.78 bits per heavy atom. The number of nitrogens with zero attached hydrogens (tertiary/aromatic N) is 1. The summed E-state index contributed by atoms with van der Waals surface area (Å²) in [5, 5.41) is 3.52. The van der Waals surface area contributed by atoms with Crippen LogP contribution in [0.15, 0.2) is 24.3 Å². The van der Waals surface area contributed by atoms with Gasteiger partial charge in [-0.1, -0.05) is 18.2 Å². The Hall–Kier alpha value is -0.170. The van der Waals surface area contributed by atoms with Crippen molar-refractivity contribution in [2.45, 2.75) is 13.0 Å². The third kappa shape index (κ3) is 4.84. The fourth-order valence-corrected chi connectivity index (χ4v) is 2.70. The summed E-state index contributed by atoms with van der Waals surface area (Å²) in [6.07, 6.45) is 1.21. The van der Waals surface area contributed by atoms with Gasteiger partial charge >= 0.3 is 0 Å². The zero-order valence-corrected chi connectivity index (χ0v) is 12.9. The number of halogens is 1. The Balaban J connectivity index is 1.57. The van der Waals surface area contributed by atoms with E-state index in [1.54, 1.807) is 0 Å². The molecule has 0 saturated carbocycles. The van der Waals surface area contributed by atoms with E-state index < -0.39 is 0 Å². The smallest absolute Gasteiger partial charge is 0.0594 e. The predicted molar refractivity (Wildman–Crippen MR) is 82.7 cm³/mol. The molecule has 1 N–H and O–H groups in total. The number of hydrogen-bond donors (Lipinski definition) is 1. The lowest BCUT2D eigenvalue weighted by Crippen LogP contribution is -2.37. The molecule has 4 heteroatoms. The van der Waals surface area contributed by atoms with Crippen LogP contribution in [0.4, 0.5) is 0 Å². The van der Waals surface area contributed by atoms with Crippen LogP contribution in [0.3, 0.4) is 0 Å². The molecule has 1 aromatic rings. The van der Waals surface area contributed by atoms with Gasteiger partial charge in [-0.15, -0.1) is 0 Å². The fourth-order valence-electron chi connectivity index (χ4n) is 2.12. The number of benzene rings is 1. The van der Waals surface area contributed by atoms with E-state index in [4.69, 9.17) is 4.74 Å². The monoisotopic (exact) mass is 360 g/mol. The van der Waals surface area contributed by atoms with E-state index in [-0.39, 0.29) is 0 Å². The van der Waals surface area contributed by atoms with Crippen molar-refractivity contribution in [1.29, 1.82) is 0 Å². The first kappa shape index (κ1) is 14.2. The molecule has 0 aromatic heterocycles. The zero-order valence-electron chi connectivity index (χ0n) is 10.7. The van der Waals surface area contributed by atoms with Crippen LogP contribution in [0.1, 0.15) is 12.0 Å². The van der Waals surface area contributed by atoms with Crippen molar-refractivity contribution in [3.63, 3.8) is 0 Å². The second-order valence-corrected chi connectivity index (χ2v) is 5.74. The largest absolute Gasteiger partial charge is 0.379 e. The summed E-state index contributed by atoms with van der Waals surface area (Å²) >= 11 is 2.39. The SMILES string of the molecule is Ic1ccccc1CNCCCN1CCOCC1. The molecule has 2 rings (SSSR count). The Morgan fingerprint density at radius 1 is 1.22 bits per heavy atom. The summed E-state index contributed by atoms with van der Waals surface area (Å²) in [6.45, 7) is 7.23. The highest BCUT2D eigenvalue weighted by Crippen LogP contribution is 2.10. The maximum absolute atomic E-state index is 5.34. The minimum Gasteiger partial charge on any atom is -0.379 e. The van der Waals surface area contributed by atoms with Gasteiger partial charge in [-0.2, -0.15) is 0 Å². The molecule has 1 aliphatic heterocycles. The average Bonchev–Trinajstić information content (AvgIpc) is 2.42. The van der Waals surface area contributed by atoms with E-state index in [0.29, 0.717) is 0 Å².